The second-order valence-corrected chi connectivity index (χ2v) is 8.12. The minimum absolute atomic E-state index is 0.102. The van der Waals surface area contributed by atoms with E-state index in [2.05, 4.69) is 16.0 Å². The molecular weight excluding hydrogens is 314 g/mol. The van der Waals surface area contributed by atoms with E-state index < -0.39 is 5.92 Å². The summed E-state index contributed by atoms with van der Waals surface area (Å²) in [5.41, 5.74) is 2.74. The number of rotatable bonds is 5. The van der Waals surface area contributed by atoms with Crippen LogP contribution in [-0.2, 0) is 19.4 Å². The van der Waals surface area contributed by atoms with Gasteiger partial charge in [-0.2, -0.15) is 0 Å². The zero-order chi connectivity index (χ0) is 16.3. The maximum atomic E-state index is 13.0. The fraction of sp³-hybridized carbons (Fsp3) is 0.722. The van der Waals surface area contributed by atoms with Crippen molar-refractivity contribution in [3.63, 3.8) is 0 Å². The summed E-state index contributed by atoms with van der Waals surface area (Å²) in [7, 11) is 0. The molecule has 0 amide bonds. The number of alkyl halides is 2. The quantitative estimate of drug-likeness (QED) is 0.703. The van der Waals surface area contributed by atoms with Crippen molar-refractivity contribution in [1.82, 2.24) is 9.88 Å². The summed E-state index contributed by atoms with van der Waals surface area (Å²) in [5.74, 6) is -2.59. The summed E-state index contributed by atoms with van der Waals surface area (Å²) < 4.78 is 26.0. The molecule has 2 nitrogen and oxygen atoms in total. The number of hydrogen-bond acceptors (Lipinski definition) is 3. The van der Waals surface area contributed by atoms with Crippen LogP contribution in [0.25, 0.3) is 0 Å². The van der Waals surface area contributed by atoms with E-state index in [9.17, 15) is 8.78 Å². The summed E-state index contributed by atoms with van der Waals surface area (Å²) in [6.45, 7) is 3.93. The molecule has 0 unspecified atom stereocenters. The number of halogens is 2. The van der Waals surface area contributed by atoms with Crippen LogP contribution in [0, 0.1) is 0 Å². The van der Waals surface area contributed by atoms with Crippen molar-refractivity contribution >= 4 is 11.3 Å². The van der Waals surface area contributed by atoms with Crippen LogP contribution >= 0.6 is 11.3 Å². The molecule has 1 aliphatic heterocycles. The highest BCUT2D eigenvalue weighted by Crippen LogP contribution is 2.28. The van der Waals surface area contributed by atoms with Crippen LogP contribution in [0.15, 0.2) is 11.6 Å². The Kier molecular flexibility index (Phi) is 5.47. The Hall–Kier alpha value is -0.810. The number of nitrogens with zero attached hydrogens (tertiary/aromatic N) is 2. The Morgan fingerprint density at radius 1 is 1.22 bits per heavy atom. The lowest BCUT2D eigenvalue weighted by Crippen LogP contribution is -2.30. The van der Waals surface area contributed by atoms with Gasteiger partial charge in [-0.15, -0.1) is 11.3 Å². The van der Waals surface area contributed by atoms with Crippen molar-refractivity contribution in [2.75, 3.05) is 13.1 Å². The maximum absolute atomic E-state index is 13.0. The highest BCUT2D eigenvalue weighted by molar-refractivity contribution is 7.11. The van der Waals surface area contributed by atoms with Gasteiger partial charge in [0, 0.05) is 37.4 Å². The van der Waals surface area contributed by atoms with E-state index in [4.69, 9.17) is 0 Å². The van der Waals surface area contributed by atoms with E-state index in [1.807, 2.05) is 0 Å². The van der Waals surface area contributed by atoms with Crippen LogP contribution in [0.4, 0.5) is 8.78 Å². The Labute approximate surface area is 141 Å². The topological polar surface area (TPSA) is 16.1 Å². The van der Waals surface area contributed by atoms with E-state index in [0.29, 0.717) is 6.42 Å². The van der Waals surface area contributed by atoms with Gasteiger partial charge in [-0.25, -0.2) is 13.8 Å². The number of fused-ring (bicyclic) bond motifs is 1. The second kappa shape index (κ2) is 7.39. The molecule has 23 heavy (non-hydrogen) atoms. The number of thiazole rings is 1. The first kappa shape index (κ1) is 17.0. The number of aromatic nitrogens is 1. The lowest BCUT2D eigenvalue weighted by molar-refractivity contribution is 0.0133. The molecule has 3 rings (SSSR count). The molecule has 0 N–H and O–H groups in total. The molecule has 1 fully saturated rings. The van der Waals surface area contributed by atoms with Crippen molar-refractivity contribution in [3.8, 4) is 0 Å². The average Bonchev–Trinajstić information content (AvgIpc) is 2.93. The zero-order valence-electron chi connectivity index (χ0n) is 13.9. The molecule has 1 aliphatic carbocycles. The van der Waals surface area contributed by atoms with E-state index >= 15 is 0 Å². The average molecular weight is 340 g/mol. The Morgan fingerprint density at radius 2 is 2.00 bits per heavy atom. The number of allylic oxidation sites excluding steroid dienone is 1. The van der Waals surface area contributed by atoms with Crippen molar-refractivity contribution in [2.24, 2.45) is 0 Å². The van der Waals surface area contributed by atoms with Crippen molar-refractivity contribution < 1.29 is 8.78 Å². The fourth-order valence-electron chi connectivity index (χ4n) is 3.36. The van der Waals surface area contributed by atoms with Gasteiger partial charge < -0.3 is 0 Å². The number of hydrogen-bond donors (Lipinski definition) is 0. The van der Waals surface area contributed by atoms with Crippen LogP contribution < -0.4 is 0 Å². The summed E-state index contributed by atoms with van der Waals surface area (Å²) in [6.07, 6.45) is 10.3. The Morgan fingerprint density at radius 3 is 2.74 bits per heavy atom. The summed E-state index contributed by atoms with van der Waals surface area (Å²) in [6, 6.07) is 0. The first-order valence-electron chi connectivity index (χ1n) is 8.75. The molecule has 0 spiro atoms. The van der Waals surface area contributed by atoms with E-state index in [-0.39, 0.29) is 6.42 Å². The Bertz CT molecular complexity index is 552. The minimum atomic E-state index is -2.59. The van der Waals surface area contributed by atoms with E-state index in [1.165, 1.54) is 37.0 Å². The maximum Gasteiger partial charge on any atom is 0.245 e. The third kappa shape index (κ3) is 5.08. The monoisotopic (exact) mass is 340 g/mol. The van der Waals surface area contributed by atoms with Gasteiger partial charge in [0.05, 0.1) is 10.7 Å². The molecule has 0 saturated heterocycles. The molecular formula is C18H26F2N2S. The fourth-order valence-corrected chi connectivity index (χ4v) is 4.43. The molecule has 1 saturated carbocycles. The lowest BCUT2D eigenvalue weighted by Gasteiger charge is -2.25. The highest BCUT2D eigenvalue weighted by atomic mass is 32.1. The van der Waals surface area contributed by atoms with Crippen LogP contribution in [0.5, 0.6) is 0 Å². The van der Waals surface area contributed by atoms with Crippen molar-refractivity contribution in [1.29, 1.82) is 0 Å². The molecule has 2 aliphatic rings. The summed E-state index contributed by atoms with van der Waals surface area (Å²) in [4.78, 5) is 8.36. The lowest BCUT2D eigenvalue weighted by atomic mass is 9.94. The van der Waals surface area contributed by atoms with E-state index in [1.54, 1.807) is 16.9 Å². The first-order valence-corrected chi connectivity index (χ1v) is 9.57. The normalized spacial score (nSPS) is 19.7. The van der Waals surface area contributed by atoms with Gasteiger partial charge in [-0.05, 0) is 39.0 Å². The molecule has 5 heteroatoms. The van der Waals surface area contributed by atoms with Gasteiger partial charge >= 0.3 is 0 Å². The van der Waals surface area contributed by atoms with Gasteiger partial charge in [-0.1, -0.05) is 18.1 Å². The van der Waals surface area contributed by atoms with Crippen LogP contribution in [0.2, 0.25) is 0 Å². The zero-order valence-corrected chi connectivity index (χ0v) is 14.7. The van der Waals surface area contributed by atoms with Gasteiger partial charge in [0.15, 0.2) is 0 Å². The predicted molar refractivity (Wildman–Crippen MR) is 91.2 cm³/mol. The minimum Gasteiger partial charge on any atom is -0.293 e. The molecule has 1 aromatic rings. The molecule has 128 valence electrons. The number of aryl methyl sites for hydroxylation is 1. The molecule has 0 atom stereocenters. The van der Waals surface area contributed by atoms with E-state index in [0.717, 1.165) is 43.7 Å². The van der Waals surface area contributed by atoms with Crippen LogP contribution in [0.1, 0.15) is 61.0 Å². The third-order valence-electron chi connectivity index (χ3n) is 4.76. The van der Waals surface area contributed by atoms with Crippen molar-refractivity contribution in [3.05, 3.63) is 27.2 Å². The van der Waals surface area contributed by atoms with Gasteiger partial charge in [-0.3, -0.25) is 4.90 Å². The van der Waals surface area contributed by atoms with Gasteiger partial charge in [0.1, 0.15) is 0 Å². The Balaban J connectivity index is 1.54. The summed E-state index contributed by atoms with van der Waals surface area (Å²) >= 11 is 1.64. The smallest absolute Gasteiger partial charge is 0.245 e. The van der Waals surface area contributed by atoms with Gasteiger partial charge in [0.2, 0.25) is 5.92 Å². The standard InChI is InChI=1S/C18H26F2N2S/c1-18(19,20)10-7-17-21-15-13-22(12-9-16(15)23-17)11-8-14-5-3-2-4-6-14/h8H,2-7,9-13H2,1H3. The third-order valence-corrected chi connectivity index (χ3v) is 5.98. The molecule has 0 radical (unpaired) electrons. The molecule has 2 heterocycles. The van der Waals surface area contributed by atoms with Crippen LogP contribution in [-0.4, -0.2) is 28.9 Å². The second-order valence-electron chi connectivity index (χ2n) is 6.96. The van der Waals surface area contributed by atoms with Crippen molar-refractivity contribution in [2.45, 2.75) is 70.8 Å². The molecule has 0 aromatic carbocycles. The predicted octanol–water partition coefficient (Wildman–Crippen LogP) is 4.98. The molecule has 1 aromatic heterocycles. The highest BCUT2D eigenvalue weighted by Gasteiger charge is 2.24. The largest absolute Gasteiger partial charge is 0.293 e. The molecule has 0 bridgehead atoms. The first-order chi connectivity index (χ1) is 11.0. The van der Waals surface area contributed by atoms with Gasteiger partial charge in [0.25, 0.3) is 0 Å². The summed E-state index contributed by atoms with van der Waals surface area (Å²) in [5, 5.41) is 0.879. The SMILES string of the molecule is CC(F)(F)CCc1nc2c(s1)CCN(CC=C1CCCCC1)C2. The van der Waals surface area contributed by atoms with Crippen LogP contribution in [0.3, 0.4) is 0 Å².